The van der Waals surface area contributed by atoms with E-state index < -0.39 is 0 Å². The second-order valence-corrected chi connectivity index (χ2v) is 7.09. The molecule has 3 rings (SSSR count). The number of nitrogens with zero attached hydrogens (tertiary/aromatic N) is 4. The highest BCUT2D eigenvalue weighted by molar-refractivity contribution is 7.16. The zero-order chi connectivity index (χ0) is 15.0. The van der Waals surface area contributed by atoms with Gasteiger partial charge in [-0.2, -0.15) is 9.61 Å². The van der Waals surface area contributed by atoms with Crippen LogP contribution < -0.4 is 5.73 Å². The number of rotatable bonds is 3. The predicted octanol–water partition coefficient (Wildman–Crippen LogP) is 2.57. The molecule has 0 aliphatic carbocycles. The van der Waals surface area contributed by atoms with Crippen LogP contribution in [0.2, 0.25) is 0 Å². The van der Waals surface area contributed by atoms with Crippen LogP contribution in [0.1, 0.15) is 43.1 Å². The largest absolute Gasteiger partial charge is 0.329 e. The van der Waals surface area contributed by atoms with Gasteiger partial charge in [-0.3, -0.25) is 0 Å². The van der Waals surface area contributed by atoms with Crippen LogP contribution in [-0.2, 0) is 5.41 Å². The molecule has 0 fully saturated rings. The Morgan fingerprint density at radius 1 is 1.19 bits per heavy atom. The molecule has 0 spiro atoms. The lowest BCUT2D eigenvalue weighted by Gasteiger charge is -2.14. The van der Waals surface area contributed by atoms with Crippen LogP contribution in [0.4, 0.5) is 0 Å². The second-order valence-electron chi connectivity index (χ2n) is 6.11. The van der Waals surface area contributed by atoms with Gasteiger partial charge in [-0.1, -0.05) is 62.4 Å². The van der Waals surface area contributed by atoms with Crippen molar-refractivity contribution in [2.45, 2.75) is 32.1 Å². The van der Waals surface area contributed by atoms with Crippen molar-refractivity contribution >= 4 is 16.3 Å². The van der Waals surface area contributed by atoms with Crippen molar-refractivity contribution in [1.82, 2.24) is 19.8 Å². The average Bonchev–Trinajstić information content (AvgIpc) is 2.99. The van der Waals surface area contributed by atoms with Crippen LogP contribution >= 0.6 is 11.3 Å². The summed E-state index contributed by atoms with van der Waals surface area (Å²) in [7, 11) is 0. The Bertz CT molecular complexity index is 738. The third-order valence-electron chi connectivity index (χ3n) is 3.41. The van der Waals surface area contributed by atoms with E-state index in [9.17, 15) is 0 Å². The SMILES string of the molecule is CC(C)(C)c1nnc2sc(C(CN)c3ccccc3)nn12. The zero-order valence-corrected chi connectivity index (χ0v) is 13.3. The molecular weight excluding hydrogens is 282 g/mol. The van der Waals surface area contributed by atoms with E-state index in [1.807, 2.05) is 22.7 Å². The highest BCUT2D eigenvalue weighted by Gasteiger charge is 2.25. The Labute approximate surface area is 127 Å². The average molecular weight is 301 g/mol. The molecule has 3 aromatic rings. The minimum Gasteiger partial charge on any atom is -0.329 e. The Morgan fingerprint density at radius 2 is 1.90 bits per heavy atom. The van der Waals surface area contributed by atoms with Gasteiger partial charge in [0.25, 0.3) is 0 Å². The van der Waals surface area contributed by atoms with Crippen molar-refractivity contribution in [3.8, 4) is 0 Å². The molecule has 5 nitrogen and oxygen atoms in total. The molecule has 2 heterocycles. The molecule has 1 atom stereocenters. The maximum atomic E-state index is 5.97. The Balaban J connectivity index is 2.06. The van der Waals surface area contributed by atoms with E-state index in [4.69, 9.17) is 10.8 Å². The summed E-state index contributed by atoms with van der Waals surface area (Å²) in [4.78, 5) is 0.823. The van der Waals surface area contributed by atoms with Gasteiger partial charge >= 0.3 is 0 Å². The molecule has 6 heteroatoms. The topological polar surface area (TPSA) is 69.1 Å². The second kappa shape index (κ2) is 5.20. The van der Waals surface area contributed by atoms with Gasteiger partial charge in [-0.15, -0.1) is 10.2 Å². The molecule has 0 aliphatic rings. The van der Waals surface area contributed by atoms with Crippen LogP contribution in [0.25, 0.3) is 4.96 Å². The maximum absolute atomic E-state index is 5.97. The maximum Gasteiger partial charge on any atom is 0.234 e. The number of nitrogens with two attached hydrogens (primary N) is 1. The zero-order valence-electron chi connectivity index (χ0n) is 12.4. The summed E-state index contributed by atoms with van der Waals surface area (Å²) in [6.45, 7) is 6.86. The summed E-state index contributed by atoms with van der Waals surface area (Å²) >= 11 is 1.56. The predicted molar refractivity (Wildman–Crippen MR) is 84.7 cm³/mol. The van der Waals surface area contributed by atoms with Crippen LogP contribution in [0.3, 0.4) is 0 Å². The molecular formula is C15H19N5S. The molecule has 2 aromatic heterocycles. The van der Waals surface area contributed by atoms with E-state index in [2.05, 4.69) is 43.1 Å². The highest BCUT2D eigenvalue weighted by atomic mass is 32.1. The minimum atomic E-state index is -0.0876. The van der Waals surface area contributed by atoms with Crippen molar-refractivity contribution < 1.29 is 0 Å². The van der Waals surface area contributed by atoms with Crippen LogP contribution in [0.5, 0.6) is 0 Å². The van der Waals surface area contributed by atoms with Crippen LogP contribution in [0.15, 0.2) is 30.3 Å². The monoisotopic (exact) mass is 301 g/mol. The first-order chi connectivity index (χ1) is 10.0. The van der Waals surface area contributed by atoms with E-state index in [-0.39, 0.29) is 11.3 Å². The Morgan fingerprint density at radius 3 is 2.52 bits per heavy atom. The summed E-state index contributed by atoms with van der Waals surface area (Å²) in [5.74, 6) is 0.981. The lowest BCUT2D eigenvalue weighted by molar-refractivity contribution is 0.525. The van der Waals surface area contributed by atoms with E-state index in [0.717, 1.165) is 15.8 Å². The van der Waals surface area contributed by atoms with Crippen molar-refractivity contribution in [2.24, 2.45) is 5.73 Å². The van der Waals surface area contributed by atoms with Gasteiger partial charge in [-0.25, -0.2) is 0 Å². The molecule has 0 bridgehead atoms. The van der Waals surface area contributed by atoms with Gasteiger partial charge in [0.05, 0.1) is 5.92 Å². The molecule has 0 aliphatic heterocycles. The van der Waals surface area contributed by atoms with Gasteiger partial charge < -0.3 is 5.73 Å². The van der Waals surface area contributed by atoms with E-state index in [1.165, 1.54) is 5.56 Å². The van der Waals surface area contributed by atoms with Gasteiger partial charge in [-0.05, 0) is 5.56 Å². The highest BCUT2D eigenvalue weighted by Crippen LogP contribution is 2.29. The van der Waals surface area contributed by atoms with Gasteiger partial charge in [0.1, 0.15) is 5.01 Å². The summed E-state index contributed by atoms with van der Waals surface area (Å²) in [5.41, 5.74) is 7.07. The third kappa shape index (κ3) is 2.56. The molecule has 0 radical (unpaired) electrons. The quantitative estimate of drug-likeness (QED) is 0.807. The first-order valence-electron chi connectivity index (χ1n) is 6.98. The molecule has 21 heavy (non-hydrogen) atoms. The number of hydrogen-bond acceptors (Lipinski definition) is 5. The van der Waals surface area contributed by atoms with Crippen molar-refractivity contribution in [3.05, 3.63) is 46.7 Å². The summed E-state index contributed by atoms with van der Waals surface area (Å²) < 4.78 is 1.85. The van der Waals surface area contributed by atoms with Gasteiger partial charge in [0.2, 0.25) is 4.96 Å². The van der Waals surface area contributed by atoms with E-state index >= 15 is 0 Å². The van der Waals surface area contributed by atoms with E-state index in [0.29, 0.717) is 6.54 Å². The van der Waals surface area contributed by atoms with Gasteiger partial charge in [0.15, 0.2) is 5.82 Å². The summed E-state index contributed by atoms with van der Waals surface area (Å²) in [6.07, 6.45) is 0. The summed E-state index contributed by atoms with van der Waals surface area (Å²) in [5, 5.41) is 14.2. The fourth-order valence-electron chi connectivity index (χ4n) is 2.31. The van der Waals surface area contributed by atoms with Crippen molar-refractivity contribution in [2.75, 3.05) is 6.54 Å². The number of hydrogen-bond donors (Lipinski definition) is 1. The fraction of sp³-hybridized carbons (Fsp3) is 0.400. The lowest BCUT2D eigenvalue weighted by atomic mass is 9.96. The number of aromatic nitrogens is 4. The van der Waals surface area contributed by atoms with Crippen molar-refractivity contribution in [3.63, 3.8) is 0 Å². The number of fused-ring (bicyclic) bond motifs is 1. The first-order valence-corrected chi connectivity index (χ1v) is 7.80. The molecule has 110 valence electrons. The molecule has 2 N–H and O–H groups in total. The third-order valence-corrected chi connectivity index (χ3v) is 4.43. The smallest absolute Gasteiger partial charge is 0.234 e. The molecule has 0 saturated carbocycles. The standard InChI is InChI=1S/C15H19N5S/c1-15(2,3)13-17-18-14-20(13)19-12(21-14)11(9-16)10-7-5-4-6-8-10/h4-8,11H,9,16H2,1-3H3. The normalized spacial score (nSPS) is 13.7. The van der Waals surface area contributed by atoms with Gasteiger partial charge in [0, 0.05) is 12.0 Å². The van der Waals surface area contributed by atoms with Crippen LogP contribution in [0, 0.1) is 0 Å². The fourth-order valence-corrected chi connectivity index (χ4v) is 3.28. The molecule has 1 aromatic carbocycles. The molecule has 0 saturated heterocycles. The number of benzene rings is 1. The first kappa shape index (κ1) is 14.2. The van der Waals surface area contributed by atoms with E-state index in [1.54, 1.807) is 11.3 Å². The summed E-state index contributed by atoms with van der Waals surface area (Å²) in [6, 6.07) is 10.2. The Hall–Kier alpha value is -1.79. The lowest BCUT2D eigenvalue weighted by Crippen LogP contribution is -2.18. The van der Waals surface area contributed by atoms with Crippen LogP contribution in [-0.4, -0.2) is 26.4 Å². The van der Waals surface area contributed by atoms with Crippen molar-refractivity contribution in [1.29, 1.82) is 0 Å². The Kier molecular flexibility index (Phi) is 3.51. The molecule has 0 amide bonds. The minimum absolute atomic E-state index is 0.0876. The molecule has 1 unspecified atom stereocenters.